The second kappa shape index (κ2) is 7.29. The highest BCUT2D eigenvalue weighted by atomic mass is 35.5. The molecule has 6 nitrogen and oxygen atoms in total. The van der Waals surface area contributed by atoms with Crippen LogP contribution in [0.25, 0.3) is 11.3 Å². The topological polar surface area (TPSA) is 84.1 Å². The first-order valence-electron chi connectivity index (χ1n) is 6.34. The van der Waals surface area contributed by atoms with E-state index >= 15 is 0 Å². The number of rotatable bonds is 4. The van der Waals surface area contributed by atoms with Gasteiger partial charge in [0.1, 0.15) is 0 Å². The van der Waals surface area contributed by atoms with E-state index in [2.05, 4.69) is 15.5 Å². The highest BCUT2D eigenvalue weighted by Crippen LogP contribution is 2.21. The molecule has 1 aromatic heterocycles. The van der Waals surface area contributed by atoms with E-state index in [1.54, 1.807) is 31.2 Å². The number of benzene rings is 1. The van der Waals surface area contributed by atoms with Crippen LogP contribution in [0.1, 0.15) is 5.56 Å². The van der Waals surface area contributed by atoms with Crippen LogP contribution in [0.4, 0.5) is 10.5 Å². The summed E-state index contributed by atoms with van der Waals surface area (Å²) in [5, 5.41) is 8.93. The van der Waals surface area contributed by atoms with Gasteiger partial charge in [0.05, 0.1) is 11.6 Å². The molecule has 0 saturated carbocycles. The molecule has 0 bridgehead atoms. The Hall–Kier alpha value is -2.05. The van der Waals surface area contributed by atoms with Gasteiger partial charge in [0.2, 0.25) is 0 Å². The summed E-state index contributed by atoms with van der Waals surface area (Å²) in [6.45, 7) is 1.80. The van der Waals surface area contributed by atoms with E-state index < -0.39 is 11.7 Å². The maximum atomic E-state index is 11.5. The summed E-state index contributed by atoms with van der Waals surface area (Å²) in [5.74, 6) is 0.00503. The van der Waals surface area contributed by atoms with E-state index in [4.69, 9.17) is 27.9 Å². The van der Waals surface area contributed by atoms with Crippen LogP contribution in [0.2, 0.25) is 0 Å². The number of alkyl halides is 2. The fraction of sp³-hybridized carbons (Fsp3) is 0.214. The van der Waals surface area contributed by atoms with E-state index in [9.17, 15) is 9.59 Å². The number of carbonyl (C=O) groups is 1. The van der Waals surface area contributed by atoms with Gasteiger partial charge in [0, 0.05) is 17.3 Å². The number of carbonyl (C=O) groups excluding carboxylic acids is 1. The van der Waals surface area contributed by atoms with Crippen LogP contribution in [-0.2, 0) is 4.74 Å². The van der Waals surface area contributed by atoms with Crippen molar-refractivity contribution in [1.29, 1.82) is 0 Å². The van der Waals surface area contributed by atoms with Gasteiger partial charge < -0.3 is 4.74 Å². The minimum Gasteiger partial charge on any atom is -0.428 e. The van der Waals surface area contributed by atoms with Crippen LogP contribution in [0.3, 0.4) is 0 Å². The number of nitrogens with one attached hydrogen (secondary N) is 2. The highest BCUT2D eigenvalue weighted by molar-refractivity contribution is 6.27. The lowest BCUT2D eigenvalue weighted by Crippen LogP contribution is -2.19. The van der Waals surface area contributed by atoms with Crippen molar-refractivity contribution in [3.63, 3.8) is 0 Å². The monoisotopic (exact) mass is 341 g/mol. The first-order chi connectivity index (χ1) is 10.5. The third-order valence-corrected chi connectivity index (χ3v) is 3.44. The molecule has 1 heterocycles. The molecule has 0 saturated heterocycles. The number of nitrogens with zero attached hydrogens (tertiary/aromatic N) is 1. The van der Waals surface area contributed by atoms with Crippen molar-refractivity contribution in [1.82, 2.24) is 10.2 Å². The molecule has 2 N–H and O–H groups in total. The standard InChI is InChI=1S/C14H13Cl2N3O3/c1-8-6-12(20)18-19-13(8)9-2-4-10(5-3-9)17-14(21)22-11(16)7-15/h2-6,11H,7H2,1H3,(H,17,21)(H,18,20). The van der Waals surface area contributed by atoms with Crippen molar-refractivity contribution in [3.05, 3.63) is 46.2 Å². The molecule has 1 atom stereocenters. The molecule has 0 fully saturated rings. The molecular formula is C14H13Cl2N3O3. The Morgan fingerprint density at radius 2 is 2.09 bits per heavy atom. The lowest BCUT2D eigenvalue weighted by molar-refractivity contribution is 0.155. The van der Waals surface area contributed by atoms with Crippen molar-refractivity contribution in [3.8, 4) is 11.3 Å². The third kappa shape index (κ3) is 4.22. The largest absolute Gasteiger partial charge is 0.428 e. The molecule has 0 aliphatic carbocycles. The Morgan fingerprint density at radius 3 is 2.68 bits per heavy atom. The zero-order valence-electron chi connectivity index (χ0n) is 11.6. The number of amides is 1. The third-order valence-electron chi connectivity index (χ3n) is 2.76. The lowest BCUT2D eigenvalue weighted by atomic mass is 10.1. The van der Waals surface area contributed by atoms with Crippen LogP contribution in [0, 0.1) is 6.92 Å². The van der Waals surface area contributed by atoms with Gasteiger partial charge in [-0.25, -0.2) is 9.89 Å². The molecule has 0 aliphatic rings. The average molecular weight is 342 g/mol. The maximum absolute atomic E-state index is 11.5. The van der Waals surface area contributed by atoms with Crippen molar-refractivity contribution in [2.45, 2.75) is 12.5 Å². The van der Waals surface area contributed by atoms with Crippen LogP contribution < -0.4 is 10.9 Å². The lowest BCUT2D eigenvalue weighted by Gasteiger charge is -2.10. The summed E-state index contributed by atoms with van der Waals surface area (Å²) in [5.41, 5.74) is 1.64. The molecule has 2 aromatic rings. The number of aromatic amines is 1. The number of aryl methyl sites for hydroxylation is 1. The van der Waals surface area contributed by atoms with Gasteiger partial charge >= 0.3 is 6.09 Å². The molecule has 116 valence electrons. The molecule has 1 aromatic carbocycles. The molecule has 2 rings (SSSR count). The quantitative estimate of drug-likeness (QED) is 0.837. The number of H-pyrrole nitrogens is 1. The average Bonchev–Trinajstić information content (AvgIpc) is 2.48. The summed E-state index contributed by atoms with van der Waals surface area (Å²) in [7, 11) is 0. The molecule has 0 spiro atoms. The van der Waals surface area contributed by atoms with Gasteiger partial charge in [0.15, 0.2) is 5.56 Å². The second-order valence-electron chi connectivity index (χ2n) is 4.44. The predicted octanol–water partition coefficient (Wildman–Crippen LogP) is 3.10. The van der Waals surface area contributed by atoms with E-state index in [1.165, 1.54) is 6.07 Å². The molecule has 8 heteroatoms. The number of hydrogen-bond acceptors (Lipinski definition) is 4. The van der Waals surface area contributed by atoms with E-state index in [0.717, 1.165) is 11.1 Å². The van der Waals surface area contributed by atoms with Gasteiger partial charge in [-0.05, 0) is 24.6 Å². The number of hydrogen-bond donors (Lipinski definition) is 2. The Bertz CT molecular complexity index is 716. The van der Waals surface area contributed by atoms with E-state index in [-0.39, 0.29) is 11.4 Å². The van der Waals surface area contributed by atoms with Crippen LogP contribution >= 0.6 is 23.2 Å². The smallest absolute Gasteiger partial charge is 0.413 e. The molecular weight excluding hydrogens is 329 g/mol. The van der Waals surface area contributed by atoms with Gasteiger partial charge in [0.25, 0.3) is 5.56 Å². The van der Waals surface area contributed by atoms with Crippen molar-refractivity contribution in [2.75, 3.05) is 11.2 Å². The molecule has 0 aliphatic heterocycles. The minimum atomic E-state index is -0.881. The zero-order valence-corrected chi connectivity index (χ0v) is 13.1. The Balaban J connectivity index is 2.10. The number of halogens is 2. The number of ether oxygens (including phenoxy) is 1. The Kier molecular flexibility index (Phi) is 5.41. The summed E-state index contributed by atoms with van der Waals surface area (Å²) < 4.78 is 4.78. The highest BCUT2D eigenvalue weighted by Gasteiger charge is 2.10. The van der Waals surface area contributed by atoms with Crippen LogP contribution in [0.5, 0.6) is 0 Å². The Morgan fingerprint density at radius 1 is 1.41 bits per heavy atom. The van der Waals surface area contributed by atoms with Crippen molar-refractivity contribution in [2.24, 2.45) is 0 Å². The first-order valence-corrected chi connectivity index (χ1v) is 7.31. The fourth-order valence-electron chi connectivity index (χ4n) is 1.80. The summed E-state index contributed by atoms with van der Waals surface area (Å²) in [6.07, 6.45) is -0.688. The van der Waals surface area contributed by atoms with Gasteiger partial charge in [-0.15, -0.1) is 11.6 Å². The first kappa shape index (κ1) is 16.3. The summed E-state index contributed by atoms with van der Waals surface area (Å²) in [6, 6.07) is 8.38. The molecule has 1 unspecified atom stereocenters. The molecule has 0 radical (unpaired) electrons. The fourth-order valence-corrected chi connectivity index (χ4v) is 1.94. The number of aromatic nitrogens is 2. The molecule has 22 heavy (non-hydrogen) atoms. The molecule has 1 amide bonds. The van der Waals surface area contributed by atoms with E-state index in [0.29, 0.717) is 11.4 Å². The van der Waals surface area contributed by atoms with Crippen LogP contribution in [-0.4, -0.2) is 27.7 Å². The summed E-state index contributed by atoms with van der Waals surface area (Å²) >= 11 is 11.1. The predicted molar refractivity (Wildman–Crippen MR) is 85.5 cm³/mol. The summed E-state index contributed by atoms with van der Waals surface area (Å²) in [4.78, 5) is 22.7. The van der Waals surface area contributed by atoms with Gasteiger partial charge in [-0.1, -0.05) is 23.7 Å². The zero-order chi connectivity index (χ0) is 16.1. The van der Waals surface area contributed by atoms with Crippen LogP contribution in [0.15, 0.2) is 35.1 Å². The van der Waals surface area contributed by atoms with Gasteiger partial charge in [-0.3, -0.25) is 10.1 Å². The Labute approximate surface area is 136 Å². The van der Waals surface area contributed by atoms with Crippen molar-refractivity contribution >= 4 is 35.0 Å². The minimum absolute atomic E-state index is 0.00503. The number of anilines is 1. The SMILES string of the molecule is Cc1cc(=O)[nH]nc1-c1ccc(NC(=O)OC(Cl)CCl)cc1. The van der Waals surface area contributed by atoms with Crippen molar-refractivity contribution < 1.29 is 9.53 Å². The van der Waals surface area contributed by atoms with E-state index in [1.807, 2.05) is 0 Å². The normalized spacial score (nSPS) is 11.8. The second-order valence-corrected chi connectivity index (χ2v) is 5.23. The van der Waals surface area contributed by atoms with Gasteiger partial charge in [-0.2, -0.15) is 5.10 Å². The maximum Gasteiger partial charge on any atom is 0.413 e.